The molecule has 0 bridgehead atoms. The fraction of sp³-hybridized carbons (Fsp3) is 0.441. The molecule has 1 aromatic heterocycles. The van der Waals surface area contributed by atoms with E-state index in [9.17, 15) is 24.0 Å². The van der Waals surface area contributed by atoms with Gasteiger partial charge in [0.15, 0.2) is 5.82 Å². The Kier molecular flexibility index (Phi) is 12.6. The molecule has 47 heavy (non-hydrogen) atoms. The Morgan fingerprint density at radius 2 is 1.62 bits per heavy atom. The first-order chi connectivity index (χ1) is 22.6. The van der Waals surface area contributed by atoms with Crippen molar-refractivity contribution in [2.75, 3.05) is 26.2 Å². The summed E-state index contributed by atoms with van der Waals surface area (Å²) in [7, 11) is 0. The van der Waals surface area contributed by atoms with Crippen LogP contribution < -0.4 is 21.3 Å². The number of nitrogens with zero attached hydrogens (tertiary/aromatic N) is 4. The van der Waals surface area contributed by atoms with Crippen LogP contribution in [0.1, 0.15) is 66.7 Å². The van der Waals surface area contributed by atoms with Crippen LogP contribution in [-0.4, -0.2) is 81.4 Å². The van der Waals surface area contributed by atoms with Gasteiger partial charge in [0.1, 0.15) is 18.4 Å². The number of fused-ring (bicyclic) bond motifs is 1. The molecule has 13 nitrogen and oxygen atoms in total. The zero-order valence-electron chi connectivity index (χ0n) is 27.2. The predicted octanol–water partition coefficient (Wildman–Crippen LogP) is 1.69. The smallest absolute Gasteiger partial charge is 0.251 e. The number of hydrogen-bond donors (Lipinski definition) is 4. The van der Waals surface area contributed by atoms with Crippen LogP contribution in [0.15, 0.2) is 60.7 Å². The molecule has 250 valence electrons. The zero-order chi connectivity index (χ0) is 33.8. The molecule has 5 amide bonds. The largest absolute Gasteiger partial charge is 0.354 e. The highest BCUT2D eigenvalue weighted by atomic mass is 16.2. The highest BCUT2D eigenvalue weighted by molar-refractivity contribution is 5.96. The summed E-state index contributed by atoms with van der Waals surface area (Å²) in [6.07, 6.45) is 1.15. The van der Waals surface area contributed by atoms with E-state index in [4.69, 9.17) is 0 Å². The van der Waals surface area contributed by atoms with Gasteiger partial charge < -0.3 is 26.2 Å². The van der Waals surface area contributed by atoms with Gasteiger partial charge in [-0.05, 0) is 43.4 Å². The Morgan fingerprint density at radius 3 is 2.32 bits per heavy atom. The van der Waals surface area contributed by atoms with Gasteiger partial charge in [-0.15, -0.1) is 0 Å². The van der Waals surface area contributed by atoms with Gasteiger partial charge in [-0.2, -0.15) is 5.10 Å². The van der Waals surface area contributed by atoms with Crippen LogP contribution >= 0.6 is 0 Å². The molecule has 0 unspecified atom stereocenters. The maximum atomic E-state index is 13.8. The Labute approximate surface area is 274 Å². The Hall–Kier alpha value is -5.07. The van der Waals surface area contributed by atoms with E-state index in [0.29, 0.717) is 43.1 Å². The van der Waals surface area contributed by atoms with Gasteiger partial charge in [-0.3, -0.25) is 24.0 Å². The van der Waals surface area contributed by atoms with Crippen LogP contribution in [0.2, 0.25) is 0 Å². The lowest BCUT2D eigenvalue weighted by molar-refractivity contribution is -0.131. The molecule has 1 aliphatic heterocycles. The summed E-state index contributed by atoms with van der Waals surface area (Å²) in [6, 6.07) is 16.6. The normalized spacial score (nSPS) is 18.6. The molecular formula is C34H44N8O5. The van der Waals surface area contributed by atoms with E-state index in [1.54, 1.807) is 42.2 Å². The molecule has 0 saturated heterocycles. The van der Waals surface area contributed by atoms with Crippen LogP contribution in [0.5, 0.6) is 0 Å². The van der Waals surface area contributed by atoms with Gasteiger partial charge in [0.2, 0.25) is 23.6 Å². The first kappa shape index (κ1) is 34.8. The maximum Gasteiger partial charge on any atom is 0.251 e. The van der Waals surface area contributed by atoms with Gasteiger partial charge in [0.05, 0.1) is 12.6 Å². The zero-order valence-corrected chi connectivity index (χ0v) is 27.2. The minimum absolute atomic E-state index is 0.0800. The molecule has 1 aliphatic rings. The summed E-state index contributed by atoms with van der Waals surface area (Å²) >= 11 is 0. The SMILES string of the molecule is Cc1nc2n(n1)CC(=O)NCCCN(C(=O)CNC(=O)c1ccccc1)CCCC(=O)N[C@H](Cc1ccccc1)C(=O)N[C@H]2C(C)C. The van der Waals surface area contributed by atoms with Gasteiger partial charge in [-0.1, -0.05) is 62.4 Å². The first-order valence-corrected chi connectivity index (χ1v) is 16.0. The van der Waals surface area contributed by atoms with Crippen molar-refractivity contribution in [3.63, 3.8) is 0 Å². The molecule has 13 heteroatoms. The van der Waals surface area contributed by atoms with E-state index >= 15 is 0 Å². The third-order valence-corrected chi connectivity index (χ3v) is 7.82. The number of nitrogens with one attached hydrogen (secondary N) is 4. The molecule has 4 N–H and O–H groups in total. The molecule has 0 fully saturated rings. The molecule has 4 rings (SSSR count). The van der Waals surface area contributed by atoms with E-state index < -0.39 is 12.1 Å². The number of carbonyl (C=O) groups excluding carboxylic acids is 5. The summed E-state index contributed by atoms with van der Waals surface area (Å²) in [5.41, 5.74) is 1.32. The van der Waals surface area contributed by atoms with Crippen LogP contribution in [0.25, 0.3) is 0 Å². The maximum absolute atomic E-state index is 13.8. The molecule has 0 aliphatic carbocycles. The number of aromatic nitrogens is 3. The summed E-state index contributed by atoms with van der Waals surface area (Å²) in [5, 5.41) is 15.9. The highest BCUT2D eigenvalue weighted by Crippen LogP contribution is 2.21. The van der Waals surface area contributed by atoms with E-state index in [0.717, 1.165) is 5.56 Å². The second kappa shape index (κ2) is 17.0. The predicted molar refractivity (Wildman–Crippen MR) is 175 cm³/mol. The fourth-order valence-electron chi connectivity index (χ4n) is 5.37. The Morgan fingerprint density at radius 1 is 0.936 bits per heavy atom. The molecule has 2 aromatic carbocycles. The third-order valence-electron chi connectivity index (χ3n) is 7.82. The quantitative estimate of drug-likeness (QED) is 0.317. The average molecular weight is 645 g/mol. The summed E-state index contributed by atoms with van der Waals surface area (Å²) in [5.74, 6) is -0.847. The lowest BCUT2D eigenvalue weighted by atomic mass is 10.0. The number of rotatable bonds is 6. The molecule has 0 saturated carbocycles. The van der Waals surface area contributed by atoms with E-state index in [2.05, 4.69) is 31.3 Å². The third kappa shape index (κ3) is 10.5. The average Bonchev–Trinajstić information content (AvgIpc) is 3.41. The molecule has 2 atom stereocenters. The highest BCUT2D eigenvalue weighted by Gasteiger charge is 2.30. The fourth-order valence-corrected chi connectivity index (χ4v) is 5.37. The van der Waals surface area contributed by atoms with E-state index in [1.165, 1.54) is 4.68 Å². The molecular weight excluding hydrogens is 600 g/mol. The van der Waals surface area contributed by atoms with Crippen molar-refractivity contribution in [3.8, 4) is 0 Å². The van der Waals surface area contributed by atoms with E-state index in [-0.39, 0.29) is 67.9 Å². The van der Waals surface area contributed by atoms with Crippen molar-refractivity contribution in [1.82, 2.24) is 40.9 Å². The number of benzene rings is 2. The monoisotopic (exact) mass is 644 g/mol. The minimum Gasteiger partial charge on any atom is -0.354 e. The topological polar surface area (TPSA) is 167 Å². The molecule has 3 aromatic rings. The van der Waals surface area contributed by atoms with Crippen molar-refractivity contribution in [2.24, 2.45) is 5.92 Å². The second-order valence-electron chi connectivity index (χ2n) is 12.0. The van der Waals surface area contributed by atoms with Crippen molar-refractivity contribution in [2.45, 2.75) is 65.1 Å². The van der Waals surface area contributed by atoms with Crippen LogP contribution in [0.3, 0.4) is 0 Å². The van der Waals surface area contributed by atoms with Crippen LogP contribution in [-0.2, 0) is 32.1 Å². The lowest BCUT2D eigenvalue weighted by Gasteiger charge is -2.26. The van der Waals surface area contributed by atoms with Crippen molar-refractivity contribution >= 4 is 29.5 Å². The second-order valence-corrected chi connectivity index (χ2v) is 12.0. The van der Waals surface area contributed by atoms with Gasteiger partial charge in [0, 0.05) is 38.0 Å². The molecule has 0 radical (unpaired) electrons. The standard InChI is InChI=1S/C34H44N8O5/c1-23(2)31-32-37-24(3)40-42(32)22-29(44)35-17-11-19-41(30(45)21-36-33(46)26-14-8-5-9-15-26)18-10-16-28(43)38-27(34(47)39-31)20-25-12-6-4-7-13-25/h4-9,12-15,23,27,31H,10-11,16-22H2,1-3H3,(H,35,44)(H,36,46)(H,38,43)(H,39,47)/t27-,31+/m1/s1. The lowest BCUT2D eigenvalue weighted by Crippen LogP contribution is -2.50. The Balaban J connectivity index is 1.53. The summed E-state index contributed by atoms with van der Waals surface area (Å²) < 4.78 is 1.49. The molecule has 2 heterocycles. The summed E-state index contributed by atoms with van der Waals surface area (Å²) in [6.45, 7) is 6.15. The van der Waals surface area contributed by atoms with Crippen LogP contribution in [0.4, 0.5) is 0 Å². The summed E-state index contributed by atoms with van der Waals surface area (Å²) in [4.78, 5) is 71.7. The number of hydrogen-bond acceptors (Lipinski definition) is 7. The molecule has 0 spiro atoms. The first-order valence-electron chi connectivity index (χ1n) is 16.0. The number of aryl methyl sites for hydroxylation is 1. The van der Waals surface area contributed by atoms with Gasteiger partial charge in [-0.25, -0.2) is 9.67 Å². The van der Waals surface area contributed by atoms with Gasteiger partial charge >= 0.3 is 0 Å². The number of carbonyl (C=O) groups is 5. The van der Waals surface area contributed by atoms with Crippen molar-refractivity contribution in [1.29, 1.82) is 0 Å². The van der Waals surface area contributed by atoms with Crippen molar-refractivity contribution < 1.29 is 24.0 Å². The van der Waals surface area contributed by atoms with Gasteiger partial charge in [0.25, 0.3) is 5.91 Å². The van der Waals surface area contributed by atoms with Crippen LogP contribution in [0, 0.1) is 12.8 Å². The minimum atomic E-state index is -0.878. The Bertz CT molecular complexity index is 1530. The van der Waals surface area contributed by atoms with E-state index in [1.807, 2.05) is 44.2 Å². The van der Waals surface area contributed by atoms with Crippen molar-refractivity contribution in [3.05, 3.63) is 83.4 Å². The number of amides is 5.